The van der Waals surface area contributed by atoms with Crippen molar-refractivity contribution in [3.63, 3.8) is 0 Å². The van der Waals surface area contributed by atoms with Crippen LogP contribution in [0.3, 0.4) is 0 Å². The SMILES string of the molecule is NC(=O)NCCCCCCOc1cccc2c1C(N)=NS(=O)(=O)N2. The van der Waals surface area contributed by atoms with Crippen LogP contribution < -0.4 is 26.2 Å². The molecule has 1 aromatic rings. The quantitative estimate of drug-likeness (QED) is 0.506. The lowest BCUT2D eigenvalue weighted by Gasteiger charge is -2.19. The minimum absolute atomic E-state index is 0.0862. The predicted octanol–water partition coefficient (Wildman–Crippen LogP) is 0.670. The van der Waals surface area contributed by atoms with E-state index in [2.05, 4.69) is 14.4 Å². The average molecular weight is 355 g/mol. The summed E-state index contributed by atoms with van der Waals surface area (Å²) in [7, 11) is -3.79. The van der Waals surface area contributed by atoms with E-state index < -0.39 is 16.2 Å². The van der Waals surface area contributed by atoms with Crippen LogP contribution in [-0.4, -0.2) is 33.4 Å². The molecule has 132 valence electrons. The number of nitrogens with zero attached hydrogens (tertiary/aromatic N) is 1. The monoisotopic (exact) mass is 355 g/mol. The number of carbonyl (C=O) groups is 1. The lowest BCUT2D eigenvalue weighted by atomic mass is 10.1. The first-order valence-electron chi connectivity index (χ1n) is 7.57. The number of nitrogens with two attached hydrogens (primary N) is 2. The second-order valence-electron chi connectivity index (χ2n) is 5.29. The third-order valence-corrected chi connectivity index (χ3v) is 4.28. The molecule has 24 heavy (non-hydrogen) atoms. The maximum absolute atomic E-state index is 11.5. The molecule has 0 saturated heterocycles. The molecule has 0 aromatic heterocycles. The molecule has 0 unspecified atom stereocenters. The average Bonchev–Trinajstić information content (AvgIpc) is 2.48. The maximum atomic E-state index is 11.5. The van der Waals surface area contributed by atoms with Gasteiger partial charge in [-0.2, -0.15) is 8.42 Å². The third kappa shape index (κ3) is 5.01. The van der Waals surface area contributed by atoms with Crippen molar-refractivity contribution >= 4 is 27.8 Å². The number of benzene rings is 1. The normalized spacial score (nSPS) is 14.9. The van der Waals surface area contributed by atoms with Crippen molar-refractivity contribution in [2.45, 2.75) is 25.7 Å². The molecule has 0 fully saturated rings. The Morgan fingerprint density at radius 2 is 2.00 bits per heavy atom. The molecule has 0 bridgehead atoms. The molecule has 6 N–H and O–H groups in total. The molecule has 1 aliphatic heterocycles. The van der Waals surface area contributed by atoms with Crippen molar-refractivity contribution in [1.29, 1.82) is 0 Å². The Labute approximate surface area is 140 Å². The zero-order valence-corrected chi connectivity index (χ0v) is 13.9. The number of amidine groups is 1. The molecule has 1 heterocycles. The number of nitrogens with one attached hydrogen (secondary N) is 2. The summed E-state index contributed by atoms with van der Waals surface area (Å²) in [6, 6.07) is 4.50. The molecule has 9 nitrogen and oxygen atoms in total. The largest absolute Gasteiger partial charge is 0.493 e. The molecule has 1 aliphatic rings. The van der Waals surface area contributed by atoms with Gasteiger partial charge in [-0.1, -0.05) is 18.9 Å². The van der Waals surface area contributed by atoms with Gasteiger partial charge in [0.2, 0.25) is 0 Å². The van der Waals surface area contributed by atoms with Crippen LogP contribution in [0.25, 0.3) is 0 Å². The smallest absolute Gasteiger partial charge is 0.344 e. The van der Waals surface area contributed by atoms with E-state index in [-0.39, 0.29) is 5.84 Å². The van der Waals surface area contributed by atoms with Gasteiger partial charge in [-0.25, -0.2) is 4.79 Å². The van der Waals surface area contributed by atoms with Crippen LogP contribution in [0.1, 0.15) is 31.2 Å². The summed E-state index contributed by atoms with van der Waals surface area (Å²) in [4.78, 5) is 10.5. The van der Waals surface area contributed by atoms with Crippen LogP contribution in [0.4, 0.5) is 10.5 Å². The number of primary amides is 1. The van der Waals surface area contributed by atoms with Gasteiger partial charge in [0, 0.05) is 6.54 Å². The first-order valence-corrected chi connectivity index (χ1v) is 9.01. The van der Waals surface area contributed by atoms with Gasteiger partial charge in [0.1, 0.15) is 5.75 Å². The molecular weight excluding hydrogens is 334 g/mol. The number of urea groups is 1. The fraction of sp³-hybridized carbons (Fsp3) is 0.429. The third-order valence-electron chi connectivity index (χ3n) is 3.37. The van der Waals surface area contributed by atoms with E-state index in [4.69, 9.17) is 16.2 Å². The van der Waals surface area contributed by atoms with E-state index in [1.54, 1.807) is 18.2 Å². The van der Waals surface area contributed by atoms with Crippen LogP contribution in [0.2, 0.25) is 0 Å². The summed E-state index contributed by atoms with van der Waals surface area (Å²) in [6.07, 6.45) is 3.56. The van der Waals surface area contributed by atoms with Crippen molar-refractivity contribution in [1.82, 2.24) is 5.32 Å². The summed E-state index contributed by atoms with van der Waals surface area (Å²) in [5.41, 5.74) is 11.5. The number of amides is 2. The molecular formula is C14H21N5O4S. The molecule has 0 spiro atoms. The minimum Gasteiger partial charge on any atom is -0.493 e. The Kier molecular flexibility index (Phi) is 5.85. The first kappa shape index (κ1) is 17.9. The predicted molar refractivity (Wildman–Crippen MR) is 91.3 cm³/mol. The van der Waals surface area contributed by atoms with Crippen LogP contribution in [0.15, 0.2) is 22.6 Å². The van der Waals surface area contributed by atoms with Crippen LogP contribution in [0.5, 0.6) is 5.75 Å². The van der Waals surface area contributed by atoms with E-state index in [1.807, 2.05) is 0 Å². The van der Waals surface area contributed by atoms with Gasteiger partial charge in [-0.3, -0.25) is 4.72 Å². The van der Waals surface area contributed by atoms with E-state index in [0.717, 1.165) is 25.7 Å². The van der Waals surface area contributed by atoms with E-state index in [0.29, 0.717) is 30.2 Å². The molecule has 2 rings (SSSR count). The number of hydrogen-bond donors (Lipinski definition) is 4. The summed E-state index contributed by atoms with van der Waals surface area (Å²) >= 11 is 0. The molecule has 1 aromatic carbocycles. The number of carbonyl (C=O) groups excluding carboxylic acids is 1. The standard InChI is InChI=1S/C14H21N5O4S/c15-13-12-10(18-24(21,22)19-13)6-5-7-11(12)23-9-4-2-1-3-8-17-14(16)20/h5-7,18H,1-4,8-9H2,(H2,15,19)(H3,16,17,20). The van der Waals surface area contributed by atoms with Crippen molar-refractivity contribution < 1.29 is 17.9 Å². The van der Waals surface area contributed by atoms with E-state index in [1.165, 1.54) is 0 Å². The van der Waals surface area contributed by atoms with Crippen molar-refractivity contribution in [3.05, 3.63) is 23.8 Å². The lowest BCUT2D eigenvalue weighted by molar-refractivity contribution is 0.248. The number of unbranched alkanes of at least 4 members (excludes halogenated alkanes) is 3. The van der Waals surface area contributed by atoms with Crippen molar-refractivity contribution in [2.24, 2.45) is 15.9 Å². The van der Waals surface area contributed by atoms with Crippen molar-refractivity contribution in [3.8, 4) is 5.75 Å². The Hall–Kier alpha value is -2.49. The number of fused-ring (bicyclic) bond motifs is 1. The van der Waals surface area contributed by atoms with E-state index in [9.17, 15) is 13.2 Å². The highest BCUT2D eigenvalue weighted by atomic mass is 32.2. The Morgan fingerprint density at radius 3 is 2.75 bits per heavy atom. The Morgan fingerprint density at radius 1 is 1.25 bits per heavy atom. The summed E-state index contributed by atoms with van der Waals surface area (Å²) in [5, 5.41) is 2.53. The zero-order valence-electron chi connectivity index (χ0n) is 13.1. The molecule has 0 radical (unpaired) electrons. The van der Waals surface area contributed by atoms with Gasteiger partial charge in [0.25, 0.3) is 0 Å². The fourth-order valence-electron chi connectivity index (χ4n) is 2.31. The summed E-state index contributed by atoms with van der Waals surface area (Å²) < 4.78 is 34.5. The summed E-state index contributed by atoms with van der Waals surface area (Å²) in [6.45, 7) is 1.04. The fourth-order valence-corrected chi connectivity index (χ4v) is 3.16. The van der Waals surface area contributed by atoms with Gasteiger partial charge in [-0.15, -0.1) is 4.40 Å². The number of hydrogen-bond acceptors (Lipinski definition) is 5. The van der Waals surface area contributed by atoms with Gasteiger partial charge in [-0.05, 0) is 25.0 Å². The first-order chi connectivity index (χ1) is 11.4. The van der Waals surface area contributed by atoms with Crippen LogP contribution in [0, 0.1) is 0 Å². The van der Waals surface area contributed by atoms with Gasteiger partial charge >= 0.3 is 16.2 Å². The van der Waals surface area contributed by atoms with Crippen molar-refractivity contribution in [2.75, 3.05) is 17.9 Å². The zero-order chi connectivity index (χ0) is 17.6. The van der Waals surface area contributed by atoms with E-state index >= 15 is 0 Å². The Balaban J connectivity index is 1.82. The topological polar surface area (TPSA) is 149 Å². The lowest BCUT2D eigenvalue weighted by Crippen LogP contribution is -2.29. The van der Waals surface area contributed by atoms with Gasteiger partial charge in [0.05, 0.1) is 17.9 Å². The molecule has 0 aliphatic carbocycles. The second kappa shape index (κ2) is 7.86. The highest BCUT2D eigenvalue weighted by molar-refractivity contribution is 7.91. The molecule has 0 atom stereocenters. The Bertz CT molecular complexity index is 733. The minimum atomic E-state index is -3.79. The molecule has 10 heteroatoms. The number of anilines is 1. The summed E-state index contributed by atoms with van der Waals surface area (Å²) in [5.74, 6) is 0.406. The van der Waals surface area contributed by atoms with Crippen LogP contribution >= 0.6 is 0 Å². The number of rotatable bonds is 8. The van der Waals surface area contributed by atoms with Crippen LogP contribution in [-0.2, 0) is 10.2 Å². The van der Waals surface area contributed by atoms with Gasteiger partial charge in [0.15, 0.2) is 5.84 Å². The highest BCUT2D eigenvalue weighted by Crippen LogP contribution is 2.30. The highest BCUT2D eigenvalue weighted by Gasteiger charge is 2.24. The molecule has 0 saturated carbocycles. The van der Waals surface area contributed by atoms with Gasteiger partial charge < -0.3 is 21.5 Å². The number of ether oxygens (including phenoxy) is 1. The maximum Gasteiger partial charge on any atom is 0.344 e. The second-order valence-corrected chi connectivity index (χ2v) is 6.62. The molecule has 2 amide bonds.